The standard InChI is InChI=1S/C14H16BClO3/c1-13(2)14(3,4)19-15(18-13)11-8-17-12-6-5-9(16)7-10(11)12/h5-8H,1-4H3. The van der Waals surface area contributed by atoms with Crippen molar-refractivity contribution in [3.63, 3.8) is 0 Å². The van der Waals surface area contributed by atoms with E-state index in [0.29, 0.717) is 5.02 Å². The second kappa shape index (κ2) is 4.01. The number of furan rings is 1. The number of benzene rings is 1. The molecule has 1 aromatic carbocycles. The van der Waals surface area contributed by atoms with Crippen molar-refractivity contribution in [2.24, 2.45) is 0 Å². The Bertz CT molecular complexity index is 617. The summed E-state index contributed by atoms with van der Waals surface area (Å²) in [5, 5.41) is 1.61. The molecule has 0 bridgehead atoms. The summed E-state index contributed by atoms with van der Waals surface area (Å²) in [7, 11) is -0.426. The third-order valence-electron chi connectivity index (χ3n) is 4.07. The minimum absolute atomic E-state index is 0.361. The fourth-order valence-electron chi connectivity index (χ4n) is 2.17. The Morgan fingerprint density at radius 1 is 1.05 bits per heavy atom. The topological polar surface area (TPSA) is 31.6 Å². The lowest BCUT2D eigenvalue weighted by Crippen LogP contribution is -2.41. The van der Waals surface area contributed by atoms with Crippen LogP contribution in [0.4, 0.5) is 0 Å². The van der Waals surface area contributed by atoms with Crippen LogP contribution in [0.3, 0.4) is 0 Å². The SMILES string of the molecule is CC1(C)OB(c2coc3ccc(Cl)cc23)OC1(C)C. The Morgan fingerprint density at radius 2 is 1.68 bits per heavy atom. The minimum Gasteiger partial charge on any atom is -0.465 e. The number of hydrogen-bond donors (Lipinski definition) is 0. The maximum absolute atomic E-state index is 6.04. The fourth-order valence-corrected chi connectivity index (χ4v) is 2.35. The summed E-state index contributed by atoms with van der Waals surface area (Å²) in [4.78, 5) is 0. The third-order valence-corrected chi connectivity index (χ3v) is 4.31. The molecule has 1 aliphatic heterocycles. The van der Waals surface area contributed by atoms with Gasteiger partial charge in [-0.2, -0.15) is 0 Å². The molecule has 100 valence electrons. The van der Waals surface area contributed by atoms with Gasteiger partial charge < -0.3 is 13.7 Å². The van der Waals surface area contributed by atoms with Gasteiger partial charge in [0.15, 0.2) is 0 Å². The Balaban J connectivity index is 2.05. The summed E-state index contributed by atoms with van der Waals surface area (Å²) >= 11 is 6.04. The maximum atomic E-state index is 6.04. The maximum Gasteiger partial charge on any atom is 0.498 e. The van der Waals surface area contributed by atoms with E-state index in [0.717, 1.165) is 16.4 Å². The Kier molecular flexibility index (Phi) is 2.75. The molecule has 2 aromatic rings. The van der Waals surface area contributed by atoms with Crippen LogP contribution in [0, 0.1) is 0 Å². The highest BCUT2D eigenvalue weighted by Gasteiger charge is 2.52. The molecule has 2 heterocycles. The first-order chi connectivity index (χ1) is 8.80. The monoisotopic (exact) mass is 278 g/mol. The molecule has 0 amide bonds. The third kappa shape index (κ3) is 1.99. The van der Waals surface area contributed by atoms with Gasteiger partial charge >= 0.3 is 7.12 Å². The molecule has 1 saturated heterocycles. The zero-order valence-electron chi connectivity index (χ0n) is 11.5. The van der Waals surface area contributed by atoms with E-state index in [1.54, 1.807) is 12.3 Å². The van der Waals surface area contributed by atoms with Gasteiger partial charge in [-0.05, 0) is 45.9 Å². The minimum atomic E-state index is -0.426. The van der Waals surface area contributed by atoms with Crippen molar-refractivity contribution in [3.05, 3.63) is 29.5 Å². The molecule has 0 radical (unpaired) electrons. The van der Waals surface area contributed by atoms with Gasteiger partial charge in [0.1, 0.15) is 5.58 Å². The van der Waals surface area contributed by atoms with E-state index in [1.807, 2.05) is 39.8 Å². The Hall–Kier alpha value is -0.965. The van der Waals surface area contributed by atoms with Crippen LogP contribution < -0.4 is 5.46 Å². The van der Waals surface area contributed by atoms with Crippen molar-refractivity contribution in [1.29, 1.82) is 0 Å². The van der Waals surface area contributed by atoms with Crippen molar-refractivity contribution < 1.29 is 13.7 Å². The number of halogens is 1. The van der Waals surface area contributed by atoms with Gasteiger partial charge in [0.25, 0.3) is 0 Å². The highest BCUT2D eigenvalue weighted by molar-refractivity contribution is 6.65. The van der Waals surface area contributed by atoms with Crippen molar-refractivity contribution in [1.82, 2.24) is 0 Å². The van der Waals surface area contributed by atoms with Crippen molar-refractivity contribution in [2.75, 3.05) is 0 Å². The zero-order valence-corrected chi connectivity index (χ0v) is 12.2. The van der Waals surface area contributed by atoms with E-state index in [9.17, 15) is 0 Å². The smallest absolute Gasteiger partial charge is 0.465 e. The van der Waals surface area contributed by atoms with Gasteiger partial charge in [-0.3, -0.25) is 0 Å². The lowest BCUT2D eigenvalue weighted by Gasteiger charge is -2.32. The number of rotatable bonds is 1. The van der Waals surface area contributed by atoms with Crippen LogP contribution >= 0.6 is 11.6 Å². The molecule has 1 aromatic heterocycles. The normalized spacial score (nSPS) is 21.2. The molecule has 0 saturated carbocycles. The Labute approximate surface area is 118 Å². The van der Waals surface area contributed by atoms with E-state index in [2.05, 4.69) is 0 Å². The van der Waals surface area contributed by atoms with Crippen LogP contribution in [0.1, 0.15) is 27.7 Å². The Morgan fingerprint density at radius 3 is 2.32 bits per heavy atom. The van der Waals surface area contributed by atoms with Crippen LogP contribution in [0.5, 0.6) is 0 Å². The van der Waals surface area contributed by atoms with E-state index in [-0.39, 0.29) is 11.2 Å². The van der Waals surface area contributed by atoms with Crippen LogP contribution in [-0.4, -0.2) is 18.3 Å². The highest BCUT2D eigenvalue weighted by Crippen LogP contribution is 2.37. The molecule has 0 N–H and O–H groups in total. The molecule has 3 rings (SSSR count). The average Bonchev–Trinajstić information content (AvgIpc) is 2.77. The lowest BCUT2D eigenvalue weighted by molar-refractivity contribution is 0.00578. The molecule has 0 unspecified atom stereocenters. The average molecular weight is 279 g/mol. The molecule has 0 spiro atoms. The largest absolute Gasteiger partial charge is 0.498 e. The summed E-state index contributed by atoms with van der Waals surface area (Å²) in [6.45, 7) is 8.12. The summed E-state index contributed by atoms with van der Waals surface area (Å²) in [6.07, 6.45) is 1.68. The number of hydrogen-bond acceptors (Lipinski definition) is 3. The van der Waals surface area contributed by atoms with E-state index < -0.39 is 7.12 Å². The first kappa shape index (κ1) is 13.0. The van der Waals surface area contributed by atoms with Gasteiger partial charge in [0.05, 0.1) is 17.5 Å². The molecule has 1 aliphatic rings. The van der Waals surface area contributed by atoms with E-state index in [1.165, 1.54) is 0 Å². The summed E-state index contributed by atoms with van der Waals surface area (Å²) in [5.41, 5.74) is 0.949. The molecule has 0 atom stereocenters. The predicted molar refractivity (Wildman–Crippen MR) is 76.9 cm³/mol. The molecular formula is C14H16BClO3. The number of fused-ring (bicyclic) bond motifs is 1. The van der Waals surface area contributed by atoms with Crippen LogP contribution in [-0.2, 0) is 9.31 Å². The first-order valence-electron chi connectivity index (χ1n) is 6.32. The summed E-state index contributed by atoms with van der Waals surface area (Å²) in [6, 6.07) is 5.54. The van der Waals surface area contributed by atoms with Crippen molar-refractivity contribution in [3.8, 4) is 0 Å². The first-order valence-corrected chi connectivity index (χ1v) is 6.70. The second-order valence-corrected chi connectivity index (χ2v) is 6.36. The molecular weight excluding hydrogens is 262 g/mol. The quantitative estimate of drug-likeness (QED) is 0.749. The molecule has 1 fully saturated rings. The van der Waals surface area contributed by atoms with Crippen LogP contribution in [0.25, 0.3) is 11.0 Å². The summed E-state index contributed by atoms with van der Waals surface area (Å²) < 4.78 is 17.6. The van der Waals surface area contributed by atoms with Gasteiger partial charge in [-0.15, -0.1) is 0 Å². The van der Waals surface area contributed by atoms with Crippen molar-refractivity contribution >= 4 is 35.2 Å². The molecule has 19 heavy (non-hydrogen) atoms. The van der Waals surface area contributed by atoms with E-state index >= 15 is 0 Å². The van der Waals surface area contributed by atoms with Gasteiger partial charge in [0, 0.05) is 15.9 Å². The second-order valence-electron chi connectivity index (χ2n) is 5.92. The van der Waals surface area contributed by atoms with Crippen LogP contribution in [0.15, 0.2) is 28.9 Å². The predicted octanol–water partition coefficient (Wildman–Crippen LogP) is 3.39. The van der Waals surface area contributed by atoms with Gasteiger partial charge in [-0.1, -0.05) is 11.6 Å². The van der Waals surface area contributed by atoms with Gasteiger partial charge in [-0.25, -0.2) is 0 Å². The zero-order chi connectivity index (χ0) is 13.8. The van der Waals surface area contributed by atoms with Crippen LogP contribution in [0.2, 0.25) is 5.02 Å². The molecule has 3 nitrogen and oxygen atoms in total. The molecule has 5 heteroatoms. The summed E-state index contributed by atoms with van der Waals surface area (Å²) in [5.74, 6) is 0. The molecule has 0 aliphatic carbocycles. The van der Waals surface area contributed by atoms with Crippen molar-refractivity contribution in [2.45, 2.75) is 38.9 Å². The fraction of sp³-hybridized carbons (Fsp3) is 0.429. The van der Waals surface area contributed by atoms with E-state index in [4.69, 9.17) is 25.3 Å². The highest BCUT2D eigenvalue weighted by atomic mass is 35.5. The lowest BCUT2D eigenvalue weighted by atomic mass is 9.79. The van der Waals surface area contributed by atoms with Gasteiger partial charge in [0.2, 0.25) is 0 Å².